The molecular formula is C14H15Br2NO2S2. The summed E-state index contributed by atoms with van der Waals surface area (Å²) in [5.41, 5.74) is 1.05. The smallest absolute Gasteiger partial charge is 0.175 e. The van der Waals surface area contributed by atoms with Crippen molar-refractivity contribution >= 4 is 53.0 Å². The number of halogens is 2. The molecule has 0 spiro atoms. The molecule has 0 amide bonds. The van der Waals surface area contributed by atoms with Gasteiger partial charge in [0.2, 0.25) is 0 Å². The average molecular weight is 453 g/mol. The molecule has 2 rings (SSSR count). The Hall–Kier alpha value is -0.210. The summed E-state index contributed by atoms with van der Waals surface area (Å²) in [4.78, 5) is 1.51. The zero-order valence-electron chi connectivity index (χ0n) is 11.6. The lowest BCUT2D eigenvalue weighted by molar-refractivity contribution is 0.601. The first kappa shape index (κ1) is 17.1. The maximum absolute atomic E-state index is 11.5. The molecule has 21 heavy (non-hydrogen) atoms. The van der Waals surface area contributed by atoms with Crippen LogP contribution in [0.5, 0.6) is 0 Å². The lowest BCUT2D eigenvalue weighted by Gasteiger charge is -2.17. The van der Waals surface area contributed by atoms with Gasteiger partial charge in [-0.1, -0.05) is 19.1 Å². The first-order valence-corrected chi connectivity index (χ1v) is 10.6. The molecule has 1 unspecified atom stereocenters. The van der Waals surface area contributed by atoms with Gasteiger partial charge in [-0.15, -0.1) is 11.3 Å². The van der Waals surface area contributed by atoms with Crippen molar-refractivity contribution in [1.82, 2.24) is 5.32 Å². The second-order valence-electron chi connectivity index (χ2n) is 4.60. The largest absolute Gasteiger partial charge is 0.306 e. The average Bonchev–Trinajstić information content (AvgIpc) is 2.75. The van der Waals surface area contributed by atoms with Gasteiger partial charge in [0.1, 0.15) is 0 Å². The van der Waals surface area contributed by atoms with E-state index >= 15 is 0 Å². The summed E-state index contributed by atoms with van der Waals surface area (Å²) in [6.45, 7) is 2.88. The molecule has 1 atom stereocenters. The summed E-state index contributed by atoms with van der Waals surface area (Å²) in [7, 11) is -3.16. The van der Waals surface area contributed by atoms with Crippen molar-refractivity contribution in [2.45, 2.75) is 17.9 Å². The molecule has 0 aliphatic rings. The molecule has 3 nitrogen and oxygen atoms in total. The molecule has 2 aromatic rings. The van der Waals surface area contributed by atoms with E-state index in [1.807, 2.05) is 12.1 Å². The fourth-order valence-electron chi connectivity index (χ4n) is 2.00. The van der Waals surface area contributed by atoms with Gasteiger partial charge in [-0.3, -0.25) is 0 Å². The molecule has 1 N–H and O–H groups in total. The van der Waals surface area contributed by atoms with Crippen LogP contribution in [0.3, 0.4) is 0 Å². The third-order valence-corrected chi connectivity index (χ3v) is 7.45. The van der Waals surface area contributed by atoms with Crippen molar-refractivity contribution in [2.75, 3.05) is 12.8 Å². The van der Waals surface area contributed by atoms with E-state index < -0.39 is 9.84 Å². The number of thiophene rings is 1. The lowest BCUT2D eigenvalue weighted by Crippen LogP contribution is -2.21. The third kappa shape index (κ3) is 4.16. The van der Waals surface area contributed by atoms with Gasteiger partial charge in [-0.25, -0.2) is 8.42 Å². The molecular weight excluding hydrogens is 438 g/mol. The van der Waals surface area contributed by atoms with E-state index in [-0.39, 0.29) is 6.04 Å². The van der Waals surface area contributed by atoms with Crippen LogP contribution in [-0.4, -0.2) is 21.2 Å². The summed E-state index contributed by atoms with van der Waals surface area (Å²) in [5, 5.41) is 3.43. The standard InChI is InChI=1S/C14H15Br2NO2S2/c1-3-17-13(12-8-11(15)14(16)20-12)9-4-6-10(7-5-9)21(2,18)19/h4-8,13,17H,3H2,1-2H3. The Balaban J connectivity index is 2.39. The molecule has 0 bridgehead atoms. The molecule has 1 aromatic carbocycles. The Bertz CT molecular complexity index is 704. The van der Waals surface area contributed by atoms with E-state index in [9.17, 15) is 8.42 Å². The van der Waals surface area contributed by atoms with Gasteiger partial charge in [0.05, 0.1) is 14.7 Å². The molecule has 0 fully saturated rings. The normalized spacial score (nSPS) is 13.3. The third-order valence-electron chi connectivity index (χ3n) is 3.00. The molecule has 0 saturated heterocycles. The van der Waals surface area contributed by atoms with Crippen LogP contribution in [0.15, 0.2) is 43.5 Å². The summed E-state index contributed by atoms with van der Waals surface area (Å²) in [5.74, 6) is 0. The van der Waals surface area contributed by atoms with Gasteiger partial charge in [-0.2, -0.15) is 0 Å². The second kappa shape index (κ2) is 6.91. The highest BCUT2D eigenvalue weighted by atomic mass is 79.9. The van der Waals surface area contributed by atoms with E-state index in [1.54, 1.807) is 23.5 Å². The molecule has 0 aliphatic heterocycles. The minimum absolute atomic E-state index is 0.0520. The highest BCUT2D eigenvalue weighted by Gasteiger charge is 2.18. The quantitative estimate of drug-likeness (QED) is 0.732. The minimum Gasteiger partial charge on any atom is -0.306 e. The first-order chi connectivity index (χ1) is 9.82. The molecule has 0 saturated carbocycles. The topological polar surface area (TPSA) is 46.2 Å². The van der Waals surface area contributed by atoms with Crippen molar-refractivity contribution in [3.63, 3.8) is 0 Å². The van der Waals surface area contributed by atoms with Crippen LogP contribution < -0.4 is 5.32 Å². The van der Waals surface area contributed by atoms with Crippen LogP contribution in [0.2, 0.25) is 0 Å². The van der Waals surface area contributed by atoms with E-state index in [4.69, 9.17) is 0 Å². The minimum atomic E-state index is -3.16. The highest BCUT2D eigenvalue weighted by molar-refractivity contribution is 9.13. The van der Waals surface area contributed by atoms with Crippen molar-refractivity contribution in [3.8, 4) is 0 Å². The molecule has 1 aromatic heterocycles. The van der Waals surface area contributed by atoms with E-state index in [1.165, 1.54) is 11.1 Å². The number of benzene rings is 1. The zero-order chi connectivity index (χ0) is 15.6. The Morgan fingerprint density at radius 2 is 1.86 bits per heavy atom. The van der Waals surface area contributed by atoms with E-state index in [2.05, 4.69) is 50.2 Å². The van der Waals surface area contributed by atoms with Crippen LogP contribution >= 0.6 is 43.2 Å². The summed E-state index contributed by atoms with van der Waals surface area (Å²) < 4.78 is 25.1. The predicted molar refractivity (Wildman–Crippen MR) is 94.8 cm³/mol. The molecule has 0 radical (unpaired) electrons. The lowest BCUT2D eigenvalue weighted by atomic mass is 10.1. The van der Waals surface area contributed by atoms with Gasteiger partial charge >= 0.3 is 0 Å². The Morgan fingerprint density at radius 1 is 1.24 bits per heavy atom. The van der Waals surface area contributed by atoms with Crippen molar-refractivity contribution < 1.29 is 8.42 Å². The summed E-state index contributed by atoms with van der Waals surface area (Å²) >= 11 is 8.67. The number of rotatable bonds is 5. The van der Waals surface area contributed by atoms with Gasteiger partial charge in [-0.05, 0) is 62.2 Å². The number of hydrogen-bond donors (Lipinski definition) is 1. The van der Waals surface area contributed by atoms with Crippen molar-refractivity contribution in [3.05, 3.63) is 49.0 Å². The molecule has 114 valence electrons. The SMILES string of the molecule is CCNC(c1ccc(S(C)(=O)=O)cc1)c1cc(Br)c(Br)s1. The van der Waals surface area contributed by atoms with Crippen LogP contribution in [0.1, 0.15) is 23.4 Å². The van der Waals surface area contributed by atoms with Crippen LogP contribution in [0.4, 0.5) is 0 Å². The molecule has 0 aliphatic carbocycles. The number of nitrogens with one attached hydrogen (secondary N) is 1. The molecule has 7 heteroatoms. The van der Waals surface area contributed by atoms with Gasteiger partial charge in [0.15, 0.2) is 9.84 Å². The van der Waals surface area contributed by atoms with Gasteiger partial charge in [0, 0.05) is 15.6 Å². The first-order valence-electron chi connectivity index (χ1n) is 6.31. The summed E-state index contributed by atoms with van der Waals surface area (Å²) in [6, 6.07) is 9.18. The monoisotopic (exact) mass is 451 g/mol. The number of hydrogen-bond acceptors (Lipinski definition) is 4. The fourth-order valence-corrected chi connectivity index (χ4v) is 4.82. The number of sulfone groups is 1. The van der Waals surface area contributed by atoms with Gasteiger partial charge in [0.25, 0.3) is 0 Å². The maximum atomic E-state index is 11.5. The fraction of sp³-hybridized carbons (Fsp3) is 0.286. The van der Waals surface area contributed by atoms with Gasteiger partial charge < -0.3 is 5.32 Å². The Labute approximate surface area is 145 Å². The maximum Gasteiger partial charge on any atom is 0.175 e. The predicted octanol–water partition coefficient (Wildman–Crippen LogP) is 4.38. The van der Waals surface area contributed by atoms with Crippen LogP contribution in [-0.2, 0) is 9.84 Å². The van der Waals surface area contributed by atoms with Crippen molar-refractivity contribution in [2.24, 2.45) is 0 Å². The second-order valence-corrected chi connectivity index (χ2v) is 9.87. The molecule has 1 heterocycles. The van der Waals surface area contributed by atoms with Crippen LogP contribution in [0.25, 0.3) is 0 Å². The van der Waals surface area contributed by atoms with Crippen molar-refractivity contribution in [1.29, 1.82) is 0 Å². The van der Waals surface area contributed by atoms with E-state index in [0.717, 1.165) is 20.4 Å². The Morgan fingerprint density at radius 3 is 2.29 bits per heavy atom. The zero-order valence-corrected chi connectivity index (χ0v) is 16.4. The summed E-state index contributed by atoms with van der Waals surface area (Å²) in [6.07, 6.45) is 1.22. The van der Waals surface area contributed by atoms with Crippen LogP contribution in [0, 0.1) is 0 Å². The van der Waals surface area contributed by atoms with E-state index in [0.29, 0.717) is 4.90 Å². The highest BCUT2D eigenvalue weighted by Crippen LogP contribution is 2.37. The Kier molecular flexibility index (Phi) is 5.65.